The predicted octanol–water partition coefficient (Wildman–Crippen LogP) is 2.33. The highest BCUT2D eigenvalue weighted by molar-refractivity contribution is 5.54. The summed E-state index contributed by atoms with van der Waals surface area (Å²) >= 11 is 0. The first kappa shape index (κ1) is 12.7. The van der Waals surface area contributed by atoms with E-state index in [1.807, 2.05) is 27.0 Å². The molecule has 0 aliphatic carbocycles. The Labute approximate surface area is 105 Å². The van der Waals surface area contributed by atoms with Gasteiger partial charge in [-0.1, -0.05) is 11.2 Å². The van der Waals surface area contributed by atoms with Crippen molar-refractivity contribution in [1.29, 1.82) is 0 Å². The molecule has 0 radical (unpaired) electrons. The van der Waals surface area contributed by atoms with Gasteiger partial charge in [-0.25, -0.2) is 4.39 Å². The van der Waals surface area contributed by atoms with Crippen molar-refractivity contribution in [3.05, 3.63) is 35.4 Å². The lowest BCUT2D eigenvalue weighted by Gasteiger charge is -2.04. The minimum absolute atomic E-state index is 0.228. The smallest absolute Gasteiger partial charge is 0.260 e. The minimum Gasteiger partial charge on any atom is -0.334 e. The summed E-state index contributed by atoms with van der Waals surface area (Å²) in [4.78, 5) is 4.20. The third kappa shape index (κ3) is 2.73. The summed E-state index contributed by atoms with van der Waals surface area (Å²) in [6.45, 7) is 3.85. The molecule has 1 aromatic heterocycles. The van der Waals surface area contributed by atoms with Crippen molar-refractivity contribution < 1.29 is 8.91 Å². The van der Waals surface area contributed by atoms with Crippen LogP contribution in [-0.4, -0.2) is 23.2 Å². The van der Waals surface area contributed by atoms with E-state index in [2.05, 4.69) is 15.5 Å². The molecular weight excluding hydrogens is 233 g/mol. The first-order valence-corrected chi connectivity index (χ1v) is 5.86. The topological polar surface area (TPSA) is 51.0 Å². The number of hydrogen-bond donors (Lipinski definition) is 1. The van der Waals surface area contributed by atoms with Crippen molar-refractivity contribution in [2.75, 3.05) is 7.05 Å². The van der Waals surface area contributed by atoms with Crippen LogP contribution >= 0.6 is 0 Å². The third-order valence-corrected chi connectivity index (χ3v) is 2.80. The molecule has 0 aliphatic rings. The molecule has 96 valence electrons. The number of nitrogens with zero attached hydrogens (tertiary/aromatic N) is 2. The molecule has 1 unspecified atom stereocenters. The molecule has 4 nitrogen and oxygen atoms in total. The van der Waals surface area contributed by atoms with Gasteiger partial charge in [0.15, 0.2) is 5.82 Å². The van der Waals surface area contributed by atoms with E-state index in [0.717, 1.165) is 5.56 Å². The fourth-order valence-corrected chi connectivity index (χ4v) is 1.62. The standard InChI is InChI=1S/C13H16FN3O/c1-8-4-5-10(11(14)6-8)13-16-12(17-18-13)7-9(2)15-3/h4-6,9,15H,7H2,1-3H3. The van der Waals surface area contributed by atoms with Gasteiger partial charge in [-0.3, -0.25) is 0 Å². The van der Waals surface area contributed by atoms with Crippen molar-refractivity contribution in [1.82, 2.24) is 15.5 Å². The fourth-order valence-electron chi connectivity index (χ4n) is 1.62. The number of nitrogens with one attached hydrogen (secondary N) is 1. The Bertz CT molecular complexity index is 539. The molecule has 5 heteroatoms. The molecule has 0 saturated carbocycles. The van der Waals surface area contributed by atoms with Crippen LogP contribution in [0, 0.1) is 12.7 Å². The van der Waals surface area contributed by atoms with Crippen LogP contribution in [0.4, 0.5) is 4.39 Å². The summed E-state index contributed by atoms with van der Waals surface area (Å²) in [5.41, 5.74) is 1.20. The minimum atomic E-state index is -0.341. The van der Waals surface area contributed by atoms with Gasteiger partial charge in [-0.05, 0) is 38.6 Å². The zero-order valence-corrected chi connectivity index (χ0v) is 10.7. The highest BCUT2D eigenvalue weighted by Crippen LogP contribution is 2.22. The summed E-state index contributed by atoms with van der Waals surface area (Å²) in [6.07, 6.45) is 0.646. The van der Waals surface area contributed by atoms with Crippen LogP contribution in [0.5, 0.6) is 0 Å². The Balaban J connectivity index is 2.24. The molecular formula is C13H16FN3O. The van der Waals surface area contributed by atoms with Gasteiger partial charge < -0.3 is 9.84 Å². The largest absolute Gasteiger partial charge is 0.334 e. The molecule has 2 rings (SSSR count). The van der Waals surface area contributed by atoms with E-state index in [1.165, 1.54) is 6.07 Å². The maximum atomic E-state index is 13.7. The number of halogens is 1. The first-order chi connectivity index (χ1) is 8.60. The number of aromatic nitrogens is 2. The summed E-state index contributed by atoms with van der Waals surface area (Å²) in [6, 6.07) is 5.18. The van der Waals surface area contributed by atoms with Crippen LogP contribution in [0.1, 0.15) is 18.3 Å². The Hall–Kier alpha value is -1.75. The van der Waals surface area contributed by atoms with E-state index in [1.54, 1.807) is 6.07 Å². The van der Waals surface area contributed by atoms with Crippen molar-refractivity contribution in [3.63, 3.8) is 0 Å². The highest BCUT2D eigenvalue weighted by Gasteiger charge is 2.14. The van der Waals surface area contributed by atoms with Crippen molar-refractivity contribution >= 4 is 0 Å². The maximum Gasteiger partial charge on any atom is 0.260 e. The van der Waals surface area contributed by atoms with Crippen LogP contribution in [0.2, 0.25) is 0 Å². The Morgan fingerprint density at radius 3 is 2.89 bits per heavy atom. The summed E-state index contributed by atoms with van der Waals surface area (Å²) < 4.78 is 18.8. The van der Waals surface area contributed by atoms with Crippen LogP contribution in [0.25, 0.3) is 11.5 Å². The van der Waals surface area contributed by atoms with Gasteiger partial charge in [0.25, 0.3) is 5.89 Å². The second-order valence-electron chi connectivity index (χ2n) is 4.39. The van der Waals surface area contributed by atoms with Crippen LogP contribution in [-0.2, 0) is 6.42 Å². The Morgan fingerprint density at radius 1 is 1.44 bits per heavy atom. The second-order valence-corrected chi connectivity index (χ2v) is 4.39. The quantitative estimate of drug-likeness (QED) is 0.903. The van der Waals surface area contributed by atoms with Gasteiger partial charge in [-0.2, -0.15) is 4.98 Å². The monoisotopic (exact) mass is 249 g/mol. The lowest BCUT2D eigenvalue weighted by Crippen LogP contribution is -2.24. The fraction of sp³-hybridized carbons (Fsp3) is 0.385. The van der Waals surface area contributed by atoms with E-state index < -0.39 is 0 Å². The number of benzene rings is 1. The van der Waals surface area contributed by atoms with E-state index in [9.17, 15) is 4.39 Å². The Morgan fingerprint density at radius 2 is 2.22 bits per heavy atom. The van der Waals surface area contributed by atoms with Crippen molar-refractivity contribution in [2.24, 2.45) is 0 Å². The number of aryl methyl sites for hydroxylation is 1. The van der Waals surface area contributed by atoms with Gasteiger partial charge in [-0.15, -0.1) is 0 Å². The molecule has 1 N–H and O–H groups in total. The summed E-state index contributed by atoms with van der Waals surface area (Å²) in [5.74, 6) is 0.462. The van der Waals surface area contributed by atoms with Crippen LogP contribution in [0.15, 0.2) is 22.7 Å². The van der Waals surface area contributed by atoms with Crippen LogP contribution in [0.3, 0.4) is 0 Å². The van der Waals surface area contributed by atoms with E-state index in [4.69, 9.17) is 4.52 Å². The normalized spacial score (nSPS) is 12.7. The molecule has 0 saturated heterocycles. The van der Waals surface area contributed by atoms with E-state index in [-0.39, 0.29) is 17.7 Å². The molecule has 18 heavy (non-hydrogen) atoms. The molecule has 1 aromatic carbocycles. The predicted molar refractivity (Wildman–Crippen MR) is 66.7 cm³/mol. The van der Waals surface area contributed by atoms with Gasteiger partial charge in [0.05, 0.1) is 5.56 Å². The lowest BCUT2D eigenvalue weighted by molar-refractivity contribution is 0.416. The molecule has 2 aromatic rings. The number of hydrogen-bond acceptors (Lipinski definition) is 4. The van der Waals surface area contributed by atoms with Gasteiger partial charge in [0.1, 0.15) is 5.82 Å². The Kier molecular flexibility index (Phi) is 3.72. The molecule has 0 aliphatic heterocycles. The lowest BCUT2D eigenvalue weighted by atomic mass is 10.1. The van der Waals surface area contributed by atoms with Crippen LogP contribution < -0.4 is 5.32 Å². The molecule has 0 bridgehead atoms. The van der Waals surface area contributed by atoms with E-state index in [0.29, 0.717) is 17.8 Å². The SMILES string of the molecule is CNC(C)Cc1noc(-c2ccc(C)cc2F)n1. The number of rotatable bonds is 4. The van der Waals surface area contributed by atoms with Gasteiger partial charge in [0.2, 0.25) is 0 Å². The molecule has 0 fully saturated rings. The first-order valence-electron chi connectivity index (χ1n) is 5.86. The zero-order chi connectivity index (χ0) is 13.1. The molecule has 1 heterocycles. The average Bonchev–Trinajstić information content (AvgIpc) is 2.77. The molecule has 0 spiro atoms. The molecule has 0 amide bonds. The van der Waals surface area contributed by atoms with E-state index >= 15 is 0 Å². The second kappa shape index (κ2) is 5.27. The van der Waals surface area contributed by atoms with Gasteiger partial charge in [0, 0.05) is 12.5 Å². The van der Waals surface area contributed by atoms with Crippen molar-refractivity contribution in [3.8, 4) is 11.5 Å². The summed E-state index contributed by atoms with van der Waals surface area (Å²) in [5, 5.41) is 6.94. The molecule has 1 atom stereocenters. The zero-order valence-electron chi connectivity index (χ0n) is 10.7. The highest BCUT2D eigenvalue weighted by atomic mass is 19.1. The number of likely N-dealkylation sites (N-methyl/N-ethyl adjacent to an activating group) is 1. The average molecular weight is 249 g/mol. The third-order valence-electron chi connectivity index (χ3n) is 2.80. The van der Waals surface area contributed by atoms with Gasteiger partial charge >= 0.3 is 0 Å². The van der Waals surface area contributed by atoms with Crippen molar-refractivity contribution in [2.45, 2.75) is 26.3 Å². The maximum absolute atomic E-state index is 13.7. The summed E-state index contributed by atoms with van der Waals surface area (Å²) in [7, 11) is 1.87.